The van der Waals surface area contributed by atoms with Crippen LogP contribution in [0, 0.1) is 12.8 Å². The zero-order valence-corrected chi connectivity index (χ0v) is 20.6. The summed E-state index contributed by atoms with van der Waals surface area (Å²) in [6, 6.07) is 3.35. The van der Waals surface area contributed by atoms with E-state index in [1.807, 2.05) is 13.8 Å². The van der Waals surface area contributed by atoms with Crippen molar-refractivity contribution in [2.75, 3.05) is 26.0 Å². The molecule has 0 saturated heterocycles. The van der Waals surface area contributed by atoms with Crippen molar-refractivity contribution in [2.45, 2.75) is 31.8 Å². The number of likely N-dealkylation sites (N-methyl/N-ethyl adjacent to an activating group) is 1. The molecule has 2 aromatic heterocycles. The minimum absolute atomic E-state index is 0.0741. The maximum absolute atomic E-state index is 13.2. The highest BCUT2D eigenvalue weighted by atomic mass is 32.2. The maximum atomic E-state index is 13.2. The first kappa shape index (κ1) is 23.1. The Balaban J connectivity index is 2.17. The number of H-pyrrole nitrogens is 1. The molecule has 1 atom stereocenters. The number of fused-ring (bicyclic) bond motifs is 2. The van der Waals surface area contributed by atoms with Crippen LogP contribution in [0.2, 0.25) is 0 Å². The Hall–Kier alpha value is -3.11. The van der Waals surface area contributed by atoms with E-state index in [9.17, 15) is 18.0 Å². The Morgan fingerprint density at radius 3 is 2.42 bits per heavy atom. The molecule has 9 nitrogen and oxygen atoms in total. The van der Waals surface area contributed by atoms with Crippen molar-refractivity contribution in [2.24, 2.45) is 13.0 Å². The molecule has 0 spiro atoms. The number of anilines is 1. The molecule has 3 heterocycles. The quantitative estimate of drug-likeness (QED) is 0.628. The number of carbonyl (C=O) groups is 1. The van der Waals surface area contributed by atoms with E-state index >= 15 is 0 Å². The predicted octanol–water partition coefficient (Wildman–Crippen LogP) is 2.47. The third kappa shape index (κ3) is 3.36. The number of hydrogen-bond donors (Lipinski definition) is 1. The highest BCUT2D eigenvalue weighted by Gasteiger charge is 2.39. The summed E-state index contributed by atoms with van der Waals surface area (Å²) in [6.45, 7) is 5.47. The first-order valence-electron chi connectivity index (χ1n) is 10.6. The lowest BCUT2D eigenvalue weighted by molar-refractivity contribution is -0.127. The summed E-state index contributed by atoms with van der Waals surface area (Å²) in [5.41, 5.74) is 2.17. The van der Waals surface area contributed by atoms with E-state index in [-0.39, 0.29) is 22.3 Å². The predicted molar refractivity (Wildman–Crippen MR) is 127 cm³/mol. The summed E-state index contributed by atoms with van der Waals surface area (Å²) in [5, 5.41) is 0.640. The molecular weight excluding hydrogens is 444 g/mol. The normalized spacial score (nSPS) is 16.6. The number of hydrogen-bond acceptors (Lipinski definition) is 5. The first-order valence-corrected chi connectivity index (χ1v) is 12.0. The van der Waals surface area contributed by atoms with Crippen LogP contribution in [0.1, 0.15) is 19.4 Å². The molecule has 10 heteroatoms. The summed E-state index contributed by atoms with van der Waals surface area (Å²) in [5.74, 6) is 0.0872. The molecule has 176 valence electrons. The van der Waals surface area contributed by atoms with E-state index < -0.39 is 16.1 Å². The monoisotopic (exact) mass is 472 g/mol. The largest absolute Gasteiger partial charge is 0.477 e. The van der Waals surface area contributed by atoms with Gasteiger partial charge in [-0.15, -0.1) is 0 Å². The van der Waals surface area contributed by atoms with Crippen LogP contribution in [-0.4, -0.2) is 55.4 Å². The second-order valence-electron chi connectivity index (χ2n) is 8.92. The molecule has 1 aliphatic heterocycles. The molecule has 0 aliphatic carbocycles. The van der Waals surface area contributed by atoms with Crippen molar-refractivity contribution < 1.29 is 17.9 Å². The summed E-state index contributed by atoms with van der Waals surface area (Å²) in [7, 11) is 2.36. The highest BCUT2D eigenvalue weighted by Crippen LogP contribution is 2.48. The molecule has 1 amide bonds. The van der Waals surface area contributed by atoms with Gasteiger partial charge in [-0.3, -0.25) is 9.59 Å². The van der Waals surface area contributed by atoms with E-state index in [4.69, 9.17) is 4.74 Å². The number of nitrogens with zero attached hydrogens (tertiary/aromatic N) is 3. The first-order chi connectivity index (χ1) is 15.4. The zero-order valence-electron chi connectivity index (χ0n) is 19.8. The van der Waals surface area contributed by atoms with E-state index in [1.165, 1.54) is 23.6 Å². The fourth-order valence-electron chi connectivity index (χ4n) is 4.29. The van der Waals surface area contributed by atoms with Gasteiger partial charge in [0.25, 0.3) is 11.5 Å². The summed E-state index contributed by atoms with van der Waals surface area (Å²) < 4.78 is 35.3. The zero-order chi connectivity index (χ0) is 24.4. The van der Waals surface area contributed by atoms with Gasteiger partial charge in [0.05, 0.1) is 10.6 Å². The Labute approximate surface area is 192 Å². The van der Waals surface area contributed by atoms with Gasteiger partial charge in [0.2, 0.25) is 10.0 Å². The molecule has 1 unspecified atom stereocenters. The fourth-order valence-corrected chi connectivity index (χ4v) is 5.43. The molecule has 0 bridgehead atoms. The van der Waals surface area contributed by atoms with Crippen LogP contribution in [0.15, 0.2) is 34.2 Å². The number of aromatic amines is 1. The van der Waals surface area contributed by atoms with Crippen LogP contribution in [-0.2, 0) is 21.9 Å². The molecule has 0 fully saturated rings. The van der Waals surface area contributed by atoms with Crippen LogP contribution >= 0.6 is 0 Å². The van der Waals surface area contributed by atoms with Gasteiger partial charge in [0.1, 0.15) is 5.52 Å². The minimum atomic E-state index is -3.84. The number of benzene rings is 1. The van der Waals surface area contributed by atoms with E-state index in [2.05, 4.69) is 4.98 Å². The van der Waals surface area contributed by atoms with Gasteiger partial charge in [-0.1, -0.05) is 13.8 Å². The van der Waals surface area contributed by atoms with E-state index in [0.717, 1.165) is 4.31 Å². The molecule has 0 radical (unpaired) electrons. The lowest BCUT2D eigenvalue weighted by atomic mass is 9.96. The van der Waals surface area contributed by atoms with Gasteiger partial charge in [0, 0.05) is 57.1 Å². The molecule has 1 aromatic carbocycles. The van der Waals surface area contributed by atoms with Crippen LogP contribution < -0.4 is 15.2 Å². The van der Waals surface area contributed by atoms with Crippen molar-refractivity contribution in [1.29, 1.82) is 0 Å². The van der Waals surface area contributed by atoms with Crippen LogP contribution in [0.5, 0.6) is 5.75 Å². The average molecular weight is 473 g/mol. The van der Waals surface area contributed by atoms with Crippen molar-refractivity contribution in [3.05, 3.63) is 40.4 Å². The molecular formula is C23H28N4O5S. The number of carbonyl (C=O) groups excluding carboxylic acids is 1. The highest BCUT2D eigenvalue weighted by molar-refractivity contribution is 7.89. The van der Waals surface area contributed by atoms with Gasteiger partial charge >= 0.3 is 0 Å². The number of rotatable bonds is 4. The number of ether oxygens (including phenoxy) is 1. The van der Waals surface area contributed by atoms with Gasteiger partial charge in [-0.05, 0) is 30.5 Å². The Bertz CT molecular complexity index is 1450. The SMILES string of the molecule is Cc1c(S(=O)(=O)N(C)C)cc(-c2cn(C)c(=O)c3[nH]ccc23)c2c1N(C)C(=O)C(C(C)C)O2. The lowest BCUT2D eigenvalue weighted by Gasteiger charge is -2.37. The summed E-state index contributed by atoms with van der Waals surface area (Å²) in [4.78, 5) is 30.2. The van der Waals surface area contributed by atoms with Gasteiger partial charge < -0.3 is 19.2 Å². The van der Waals surface area contributed by atoms with Crippen molar-refractivity contribution in [3.8, 4) is 16.9 Å². The van der Waals surface area contributed by atoms with Crippen molar-refractivity contribution >= 4 is 32.5 Å². The van der Waals surface area contributed by atoms with Crippen molar-refractivity contribution in [1.82, 2.24) is 13.9 Å². The second kappa shape index (κ2) is 7.74. The topological polar surface area (TPSA) is 105 Å². The Morgan fingerprint density at radius 2 is 1.82 bits per heavy atom. The summed E-state index contributed by atoms with van der Waals surface area (Å²) in [6.07, 6.45) is 2.62. The molecule has 0 saturated carbocycles. The Kier molecular flexibility index (Phi) is 5.41. The number of aryl methyl sites for hydroxylation is 1. The maximum Gasteiger partial charge on any atom is 0.274 e. The molecule has 4 rings (SSSR count). The molecule has 3 aromatic rings. The third-order valence-corrected chi connectivity index (χ3v) is 8.10. The van der Waals surface area contributed by atoms with Crippen molar-refractivity contribution in [3.63, 3.8) is 0 Å². The number of amides is 1. The lowest BCUT2D eigenvalue weighted by Crippen LogP contribution is -2.47. The average Bonchev–Trinajstić information content (AvgIpc) is 3.23. The van der Waals surface area contributed by atoms with E-state index in [1.54, 1.807) is 45.5 Å². The number of nitrogens with one attached hydrogen (secondary N) is 1. The fraction of sp³-hybridized carbons (Fsp3) is 0.391. The standard InChI is InChI=1S/C23H28N4O5S/c1-12(2)20-23(29)27(7)19-13(3)17(33(30,31)25(4)5)10-15(21(19)32-20)16-11-26(6)22(28)18-14(16)8-9-24-18/h8-12,20,24H,1-7H3. The minimum Gasteiger partial charge on any atom is -0.477 e. The smallest absolute Gasteiger partial charge is 0.274 e. The van der Waals surface area contributed by atoms with Crippen LogP contribution in [0.4, 0.5) is 5.69 Å². The second-order valence-corrected chi connectivity index (χ2v) is 11.0. The summed E-state index contributed by atoms with van der Waals surface area (Å²) >= 11 is 0. The Morgan fingerprint density at radius 1 is 1.15 bits per heavy atom. The van der Waals surface area contributed by atoms with Gasteiger partial charge in [0.15, 0.2) is 11.9 Å². The van der Waals surface area contributed by atoms with Gasteiger partial charge in [-0.25, -0.2) is 12.7 Å². The number of pyridine rings is 1. The molecule has 33 heavy (non-hydrogen) atoms. The molecule has 1 N–H and O–H groups in total. The van der Waals surface area contributed by atoms with Gasteiger partial charge in [-0.2, -0.15) is 0 Å². The molecule has 1 aliphatic rings. The van der Waals surface area contributed by atoms with Crippen LogP contribution in [0.25, 0.3) is 22.0 Å². The third-order valence-electron chi connectivity index (χ3n) is 6.16. The number of aromatic nitrogens is 2. The van der Waals surface area contributed by atoms with Crippen LogP contribution in [0.3, 0.4) is 0 Å². The van der Waals surface area contributed by atoms with E-state index in [0.29, 0.717) is 39.0 Å². The number of sulfonamides is 1.